The highest BCUT2D eigenvalue weighted by Crippen LogP contribution is 2.63. The lowest BCUT2D eigenvalue weighted by molar-refractivity contribution is -0.0990. The number of carbonyl (C=O) groups excluding carboxylic acids is 2. The highest BCUT2D eigenvalue weighted by Gasteiger charge is 2.60. The summed E-state index contributed by atoms with van der Waals surface area (Å²) in [5, 5.41) is 67.0. The van der Waals surface area contributed by atoms with Crippen molar-refractivity contribution < 1.29 is 37.3 Å². The summed E-state index contributed by atoms with van der Waals surface area (Å²) < 4.78 is 52.7. The molecule has 0 saturated heterocycles. The lowest BCUT2D eigenvalue weighted by Gasteiger charge is -2.61. The van der Waals surface area contributed by atoms with Gasteiger partial charge in [-0.15, -0.1) is 10.2 Å². The summed E-state index contributed by atoms with van der Waals surface area (Å²) in [4.78, 5) is 43.0. The van der Waals surface area contributed by atoms with E-state index in [9.17, 15) is 39.4 Å². The van der Waals surface area contributed by atoms with E-state index >= 15 is 0 Å². The van der Waals surface area contributed by atoms with Crippen LogP contribution in [0.3, 0.4) is 0 Å². The van der Waals surface area contributed by atoms with E-state index in [0.29, 0.717) is 80.5 Å². The number of benzene rings is 2. The van der Waals surface area contributed by atoms with Gasteiger partial charge in [0, 0.05) is 90.1 Å². The molecule has 0 spiro atoms. The average molecular weight is 1370 g/mol. The third-order valence-electron chi connectivity index (χ3n) is 19.9. The molecule has 2 N–H and O–H groups in total. The minimum atomic E-state index is -0.988. The van der Waals surface area contributed by atoms with Gasteiger partial charge in [-0.25, -0.2) is 28.9 Å². The second kappa shape index (κ2) is 29.0. The summed E-state index contributed by atoms with van der Waals surface area (Å²) in [7, 11) is 3.04. The number of nitrogens with zero attached hydrogens (tertiary/aromatic N) is 15. The zero-order valence-electron chi connectivity index (χ0n) is 58.2. The Morgan fingerprint density at radius 1 is 0.646 bits per heavy atom. The van der Waals surface area contributed by atoms with Gasteiger partial charge in [-0.3, -0.25) is 14.9 Å². The van der Waals surface area contributed by atoms with Crippen LogP contribution >= 0.6 is 11.6 Å². The highest BCUT2D eigenvalue weighted by atomic mass is 35.5. The van der Waals surface area contributed by atoms with E-state index in [4.69, 9.17) is 21.1 Å². The van der Waals surface area contributed by atoms with Crippen molar-refractivity contribution in [2.75, 3.05) is 43.0 Å². The Hall–Kier alpha value is -9.79. The summed E-state index contributed by atoms with van der Waals surface area (Å²) in [6.07, 6.45) is 12.1. The number of aromatic nitrogens is 10. The van der Waals surface area contributed by atoms with E-state index in [1.165, 1.54) is 43.6 Å². The first-order valence-electron chi connectivity index (χ1n) is 33.0. The molecule has 0 aliphatic heterocycles. The van der Waals surface area contributed by atoms with Gasteiger partial charge in [0.25, 0.3) is 0 Å². The number of ether oxygens (including phenoxy) is 4. The zero-order chi connectivity index (χ0) is 71.6. The normalized spacial score (nSPS) is 19.6. The average Bonchev–Trinajstić information content (AvgIpc) is 1.71. The predicted octanol–water partition coefficient (Wildman–Crippen LogP) is 14.1. The largest absolute Gasteiger partial charge is 0.448 e. The third kappa shape index (κ3) is 15.1. The van der Waals surface area contributed by atoms with Crippen molar-refractivity contribution in [2.24, 2.45) is 22.7 Å². The summed E-state index contributed by atoms with van der Waals surface area (Å²) in [6, 6.07) is 21.1. The van der Waals surface area contributed by atoms with Crippen LogP contribution in [0, 0.1) is 93.7 Å². The number of hydrogen-bond donors (Lipinski definition) is 2. The molecule has 6 atom stereocenters. The van der Waals surface area contributed by atoms with Crippen LogP contribution in [-0.4, -0.2) is 113 Å². The maximum Gasteiger partial charge on any atom is 0.415 e. The number of hydrogen-bond acceptors (Lipinski definition) is 20. The maximum atomic E-state index is 14.5. The Bertz CT molecular complexity index is 4520. The first-order chi connectivity index (χ1) is 46.9. The van der Waals surface area contributed by atoms with Gasteiger partial charge < -0.3 is 29.6 Å². The fourth-order valence-electron chi connectivity index (χ4n) is 13.2. The van der Waals surface area contributed by atoms with Gasteiger partial charge in [0.1, 0.15) is 48.2 Å². The number of aryl methyl sites for hydroxylation is 2. The number of methoxy groups -OCH3 is 2. The number of nitrogens with one attached hydrogen (secondary N) is 2. The summed E-state index contributed by atoms with van der Waals surface area (Å²) in [5.74, 6) is 0.0405. The van der Waals surface area contributed by atoms with E-state index < -0.39 is 35.6 Å². The van der Waals surface area contributed by atoms with Crippen LogP contribution in [0.1, 0.15) is 181 Å². The van der Waals surface area contributed by atoms with Crippen LogP contribution in [0.2, 0.25) is 0 Å². The lowest BCUT2D eigenvalue weighted by Crippen LogP contribution is -2.59. The van der Waals surface area contributed by atoms with Gasteiger partial charge in [-0.2, -0.15) is 29.8 Å². The molecule has 14 rings (SSSR count). The van der Waals surface area contributed by atoms with Gasteiger partial charge in [-0.05, 0) is 157 Å². The molecule has 99 heavy (non-hydrogen) atoms. The summed E-state index contributed by atoms with van der Waals surface area (Å²) in [6.45, 7) is 24.1. The topological polar surface area (TPSA) is 306 Å². The third-order valence-corrected chi connectivity index (χ3v) is 19.9. The molecule has 26 heteroatoms. The number of amides is 1. The van der Waals surface area contributed by atoms with E-state index in [0.717, 1.165) is 66.6 Å². The molecule has 6 aliphatic rings. The van der Waals surface area contributed by atoms with E-state index in [1.807, 2.05) is 40.8 Å². The molecule has 2 aromatic carbocycles. The zero-order valence-corrected chi connectivity index (χ0v) is 59.0. The first-order valence-corrected chi connectivity index (χ1v) is 33.3. The number of carbonyl (C=O) groups is 2. The van der Waals surface area contributed by atoms with Gasteiger partial charge in [0.2, 0.25) is 11.9 Å². The number of anilines is 3. The smallest absolute Gasteiger partial charge is 0.415 e. The minimum absolute atomic E-state index is 0.0436. The van der Waals surface area contributed by atoms with Crippen LogP contribution in [0.25, 0.3) is 21.8 Å². The van der Waals surface area contributed by atoms with Gasteiger partial charge >= 0.3 is 11.5 Å². The molecule has 1 amide bonds. The number of halogens is 3. The Kier molecular flexibility index (Phi) is 21.1. The molecule has 516 valence electrons. The molecule has 6 fully saturated rings. The van der Waals surface area contributed by atoms with Crippen LogP contribution in [-0.2, 0) is 36.4 Å². The molecule has 6 heterocycles. The quantitative estimate of drug-likeness (QED) is 0.0529. The summed E-state index contributed by atoms with van der Waals surface area (Å²) >= 11 is 4.89. The number of fused-ring (bicyclic) bond motifs is 2. The van der Waals surface area contributed by atoms with Crippen molar-refractivity contribution in [3.63, 3.8) is 0 Å². The van der Waals surface area contributed by atoms with Gasteiger partial charge in [0.15, 0.2) is 0 Å². The molecule has 4 bridgehead atoms. The number of rotatable bonds is 20. The molecule has 0 radical (unpaired) electrons. The second-order valence-corrected chi connectivity index (χ2v) is 29.2. The van der Waals surface area contributed by atoms with Crippen molar-refractivity contribution >= 4 is 62.0 Å². The standard InChI is InChI=1S/C36H40FN9O3.C32H33FN8.C5H9ClO3/c1-20(19-48-7)49-34(47)46(26-10-24(15-38)31-28(11-26)32(25(16-39)17-40-31)42-22(3)35(4,5)6)33(27-8-9-30(37)41-21(27)2)29-18-45(44-43-29)36-12-23(13-36)14-36;1-18-24(6-7-28(33)37-18)25(27-17-41(40-39-27)32-11-21(12-32)13-32)9-20-8-22(14-34)29-26(10-20)30(23(15-35)16-36-29)38-19(2)31(3,4)5;1-4(3-8-2)9-5(6)7/h8-11,17-18,20,22-23,33H,12-14,19H2,1-7H3,(H,40,42);6-8,10,16-17,19,21,25H,9,11-13H2,1-5H3,(H,36,38);4H,3H2,1-2H3/t20-,22-,23?,33?,36?;;4-/m1.1/s1. The first kappa shape index (κ1) is 72.0. The monoisotopic (exact) mass is 1370 g/mol. The molecule has 6 aliphatic carbocycles. The Balaban J connectivity index is 0.000000193. The van der Waals surface area contributed by atoms with Gasteiger partial charge in [-0.1, -0.05) is 64.1 Å². The van der Waals surface area contributed by atoms with Crippen molar-refractivity contribution in [3.05, 3.63) is 147 Å². The van der Waals surface area contributed by atoms with Crippen molar-refractivity contribution in [1.29, 1.82) is 21.0 Å². The minimum Gasteiger partial charge on any atom is -0.448 e. The van der Waals surface area contributed by atoms with Crippen LogP contribution in [0.15, 0.2) is 73.3 Å². The molecular formula is C73H82ClF2N17O6. The Morgan fingerprint density at radius 2 is 1.09 bits per heavy atom. The molecule has 6 aromatic heterocycles. The van der Waals surface area contributed by atoms with Crippen molar-refractivity contribution in [2.45, 2.75) is 175 Å². The lowest BCUT2D eigenvalue weighted by atomic mass is 9.50. The molecular weight excluding hydrogens is 1280 g/mol. The number of nitriles is 4. The predicted molar refractivity (Wildman–Crippen MR) is 367 cm³/mol. The highest BCUT2D eigenvalue weighted by molar-refractivity contribution is 6.61. The van der Waals surface area contributed by atoms with Crippen LogP contribution in [0.5, 0.6) is 0 Å². The van der Waals surface area contributed by atoms with Gasteiger partial charge in [0.05, 0.1) is 86.5 Å². The molecule has 6 saturated carbocycles. The second-order valence-electron chi connectivity index (χ2n) is 28.9. The van der Waals surface area contributed by atoms with E-state index in [-0.39, 0.29) is 69.4 Å². The molecule has 3 unspecified atom stereocenters. The molecule has 8 aromatic rings. The fourth-order valence-corrected chi connectivity index (χ4v) is 13.4. The van der Waals surface area contributed by atoms with Crippen molar-refractivity contribution in [1.82, 2.24) is 49.9 Å². The maximum absolute atomic E-state index is 14.5. The van der Waals surface area contributed by atoms with E-state index in [1.54, 1.807) is 52.0 Å². The fraction of sp³-hybridized carbons (Fsp3) is 0.479. The molecule has 23 nitrogen and oxygen atoms in total. The number of pyridine rings is 4. The van der Waals surface area contributed by atoms with Crippen LogP contribution < -0.4 is 15.5 Å². The van der Waals surface area contributed by atoms with Crippen molar-refractivity contribution in [3.8, 4) is 24.3 Å². The SMILES string of the molecule is COC[C@@H](C)OC(=O)Cl.COC[C@@H](C)OC(=O)N(c1cc(C#N)c2ncc(C#N)c(N[C@H](C)C(C)(C)C)c2c1)C(c1cn(C23CC(C2)C3)nn1)c1ccc(F)nc1C.Cc1nc(F)ccc1C(Cc1cc(C#N)c2ncc(C#N)c(NC(C)C(C)(C)C)c2c1)c1cn(C23CC(C2)C3)nn1. The van der Waals surface area contributed by atoms with E-state index in [2.05, 4.69) is 133 Å². The Morgan fingerprint density at radius 3 is 1.53 bits per heavy atom. The summed E-state index contributed by atoms with van der Waals surface area (Å²) in [5.41, 5.74) is 6.97. The Labute approximate surface area is 579 Å². The van der Waals surface area contributed by atoms with Crippen LogP contribution in [0.4, 0.5) is 35.4 Å².